The summed E-state index contributed by atoms with van der Waals surface area (Å²) in [5, 5.41) is 3.54. The van der Waals surface area contributed by atoms with Gasteiger partial charge in [0.1, 0.15) is 11.6 Å². The standard InChI is InChI=1S/C17H24F2N2/c1-12(17-15(18)6-4-7-16(17)19)21(14-8-9-14)11-13-5-2-3-10-20-13/h4,6-7,12-14,20H,2-3,5,8-11H2,1H3. The first-order valence-electron chi connectivity index (χ1n) is 8.10. The van der Waals surface area contributed by atoms with Crippen LogP contribution in [-0.2, 0) is 0 Å². The molecule has 3 rings (SSSR count). The molecule has 1 N–H and O–H groups in total. The van der Waals surface area contributed by atoms with E-state index in [1.165, 1.54) is 31.0 Å². The van der Waals surface area contributed by atoms with Crippen molar-refractivity contribution in [3.05, 3.63) is 35.4 Å². The van der Waals surface area contributed by atoms with Crippen LogP contribution in [0.2, 0.25) is 0 Å². The zero-order valence-corrected chi connectivity index (χ0v) is 12.6. The lowest BCUT2D eigenvalue weighted by Crippen LogP contribution is -2.45. The third-order valence-electron chi connectivity index (χ3n) is 4.77. The van der Waals surface area contributed by atoms with E-state index in [1.54, 1.807) is 0 Å². The number of rotatable bonds is 5. The minimum absolute atomic E-state index is 0.206. The van der Waals surface area contributed by atoms with Crippen LogP contribution in [0.15, 0.2) is 18.2 Å². The van der Waals surface area contributed by atoms with Crippen LogP contribution < -0.4 is 5.32 Å². The predicted octanol–water partition coefficient (Wildman–Crippen LogP) is 3.63. The van der Waals surface area contributed by atoms with Gasteiger partial charge in [0.05, 0.1) is 0 Å². The van der Waals surface area contributed by atoms with Crippen LogP contribution in [0.5, 0.6) is 0 Å². The molecule has 0 aromatic heterocycles. The molecule has 1 saturated heterocycles. The van der Waals surface area contributed by atoms with Crippen molar-refractivity contribution in [2.24, 2.45) is 0 Å². The molecule has 21 heavy (non-hydrogen) atoms. The molecule has 4 heteroatoms. The molecule has 0 spiro atoms. The van der Waals surface area contributed by atoms with Crippen LogP contribution in [0.1, 0.15) is 50.6 Å². The molecular weight excluding hydrogens is 270 g/mol. The van der Waals surface area contributed by atoms with E-state index in [2.05, 4.69) is 10.2 Å². The molecule has 1 aromatic carbocycles. The summed E-state index contributed by atoms with van der Waals surface area (Å²) in [5.74, 6) is -0.852. The molecule has 2 fully saturated rings. The number of halogens is 2. The van der Waals surface area contributed by atoms with Gasteiger partial charge in [0.25, 0.3) is 0 Å². The third kappa shape index (κ3) is 3.43. The highest BCUT2D eigenvalue weighted by Crippen LogP contribution is 2.36. The number of nitrogens with one attached hydrogen (secondary N) is 1. The number of hydrogen-bond acceptors (Lipinski definition) is 2. The van der Waals surface area contributed by atoms with Crippen molar-refractivity contribution in [2.45, 2.75) is 57.2 Å². The van der Waals surface area contributed by atoms with E-state index in [9.17, 15) is 8.78 Å². The highest BCUT2D eigenvalue weighted by atomic mass is 19.1. The first kappa shape index (κ1) is 14.9. The van der Waals surface area contributed by atoms with Gasteiger partial charge in [-0.2, -0.15) is 0 Å². The van der Waals surface area contributed by atoms with Crippen LogP contribution in [0.3, 0.4) is 0 Å². The SMILES string of the molecule is CC(c1c(F)cccc1F)N(CC1CCCCN1)C1CC1. The van der Waals surface area contributed by atoms with Crippen LogP contribution in [0.25, 0.3) is 0 Å². The maximum atomic E-state index is 14.0. The molecule has 116 valence electrons. The molecule has 0 radical (unpaired) electrons. The molecule has 1 aliphatic heterocycles. The van der Waals surface area contributed by atoms with E-state index < -0.39 is 11.6 Å². The highest BCUT2D eigenvalue weighted by Gasteiger charge is 2.36. The van der Waals surface area contributed by atoms with Crippen molar-refractivity contribution in [2.75, 3.05) is 13.1 Å². The summed E-state index contributed by atoms with van der Waals surface area (Å²) in [4.78, 5) is 2.30. The van der Waals surface area contributed by atoms with Crippen molar-refractivity contribution in [1.29, 1.82) is 0 Å². The predicted molar refractivity (Wildman–Crippen MR) is 80.1 cm³/mol. The molecule has 0 amide bonds. The molecule has 1 heterocycles. The Morgan fingerprint density at radius 2 is 1.90 bits per heavy atom. The van der Waals surface area contributed by atoms with E-state index >= 15 is 0 Å². The van der Waals surface area contributed by atoms with Crippen LogP contribution in [0.4, 0.5) is 8.78 Å². The monoisotopic (exact) mass is 294 g/mol. The third-order valence-corrected chi connectivity index (χ3v) is 4.77. The van der Waals surface area contributed by atoms with Crippen molar-refractivity contribution in [3.8, 4) is 0 Å². The Bertz CT molecular complexity index is 461. The van der Waals surface area contributed by atoms with Gasteiger partial charge in [-0.05, 0) is 51.3 Å². The number of nitrogens with zero attached hydrogens (tertiary/aromatic N) is 1. The summed E-state index contributed by atoms with van der Waals surface area (Å²) in [6.07, 6.45) is 5.94. The second-order valence-corrected chi connectivity index (χ2v) is 6.39. The molecule has 2 unspecified atom stereocenters. The maximum Gasteiger partial charge on any atom is 0.130 e. The largest absolute Gasteiger partial charge is 0.313 e. The summed E-state index contributed by atoms with van der Waals surface area (Å²) in [6, 6.07) is 4.89. The molecule has 1 aromatic rings. The first-order chi connectivity index (χ1) is 10.2. The van der Waals surface area contributed by atoms with Crippen molar-refractivity contribution in [3.63, 3.8) is 0 Å². The number of piperidine rings is 1. The van der Waals surface area contributed by atoms with Crippen molar-refractivity contribution < 1.29 is 8.78 Å². The zero-order chi connectivity index (χ0) is 14.8. The average molecular weight is 294 g/mol. The van der Waals surface area contributed by atoms with Crippen LogP contribution in [-0.4, -0.2) is 30.1 Å². The topological polar surface area (TPSA) is 15.3 Å². The summed E-state index contributed by atoms with van der Waals surface area (Å²) >= 11 is 0. The Morgan fingerprint density at radius 1 is 1.19 bits per heavy atom. The normalized spacial score (nSPS) is 24.3. The van der Waals surface area contributed by atoms with Gasteiger partial charge in [-0.25, -0.2) is 8.78 Å². The molecular formula is C17H24F2N2. The second kappa shape index (κ2) is 6.41. The summed E-state index contributed by atoms with van der Waals surface area (Å²) < 4.78 is 28.1. The summed E-state index contributed by atoms with van der Waals surface area (Å²) in [5.41, 5.74) is 0.222. The van der Waals surface area contributed by atoms with Crippen molar-refractivity contribution in [1.82, 2.24) is 10.2 Å². The Balaban J connectivity index is 1.76. The second-order valence-electron chi connectivity index (χ2n) is 6.39. The molecule has 1 saturated carbocycles. The fraction of sp³-hybridized carbons (Fsp3) is 0.647. The highest BCUT2D eigenvalue weighted by molar-refractivity contribution is 5.23. The quantitative estimate of drug-likeness (QED) is 0.892. The van der Waals surface area contributed by atoms with Gasteiger partial charge < -0.3 is 5.32 Å². The lowest BCUT2D eigenvalue weighted by atomic mass is 10.0. The van der Waals surface area contributed by atoms with Gasteiger partial charge >= 0.3 is 0 Å². The lowest BCUT2D eigenvalue weighted by Gasteiger charge is -2.35. The van der Waals surface area contributed by atoms with E-state index in [0.29, 0.717) is 12.1 Å². The van der Waals surface area contributed by atoms with Gasteiger partial charge in [-0.3, -0.25) is 4.90 Å². The minimum atomic E-state index is -0.426. The van der Waals surface area contributed by atoms with Gasteiger partial charge in [-0.15, -0.1) is 0 Å². The Hall–Kier alpha value is -1.00. The fourth-order valence-corrected chi connectivity index (χ4v) is 3.44. The first-order valence-corrected chi connectivity index (χ1v) is 8.10. The Kier molecular flexibility index (Phi) is 4.55. The molecule has 2 nitrogen and oxygen atoms in total. The van der Waals surface area contributed by atoms with Crippen LogP contribution >= 0.6 is 0 Å². The number of hydrogen-bond donors (Lipinski definition) is 1. The number of benzene rings is 1. The summed E-state index contributed by atoms with van der Waals surface area (Å²) in [7, 11) is 0. The van der Waals surface area contributed by atoms with E-state index in [1.807, 2.05) is 6.92 Å². The minimum Gasteiger partial charge on any atom is -0.313 e. The van der Waals surface area contributed by atoms with Gasteiger partial charge in [0.15, 0.2) is 0 Å². The Morgan fingerprint density at radius 3 is 2.48 bits per heavy atom. The lowest BCUT2D eigenvalue weighted by molar-refractivity contribution is 0.161. The van der Waals surface area contributed by atoms with Gasteiger partial charge in [0.2, 0.25) is 0 Å². The summed E-state index contributed by atoms with van der Waals surface area (Å²) in [6.45, 7) is 3.88. The van der Waals surface area contributed by atoms with E-state index in [-0.39, 0.29) is 11.6 Å². The molecule has 2 atom stereocenters. The van der Waals surface area contributed by atoms with Crippen LogP contribution in [0, 0.1) is 11.6 Å². The molecule has 2 aliphatic rings. The van der Waals surface area contributed by atoms with Gasteiger partial charge in [-0.1, -0.05) is 12.5 Å². The molecule has 1 aliphatic carbocycles. The maximum absolute atomic E-state index is 14.0. The smallest absolute Gasteiger partial charge is 0.130 e. The van der Waals surface area contributed by atoms with Gasteiger partial charge in [0, 0.05) is 30.2 Å². The van der Waals surface area contributed by atoms with E-state index in [4.69, 9.17) is 0 Å². The Labute approximate surface area is 125 Å². The average Bonchev–Trinajstić information content (AvgIpc) is 3.30. The van der Waals surface area contributed by atoms with Crippen molar-refractivity contribution >= 4 is 0 Å². The van der Waals surface area contributed by atoms with E-state index in [0.717, 1.165) is 32.4 Å². The zero-order valence-electron chi connectivity index (χ0n) is 12.6. The molecule has 0 bridgehead atoms. The fourth-order valence-electron chi connectivity index (χ4n) is 3.44.